The summed E-state index contributed by atoms with van der Waals surface area (Å²) in [5, 5.41) is 3.00. The van der Waals surface area contributed by atoms with Crippen LogP contribution in [0.5, 0.6) is 0 Å². The van der Waals surface area contributed by atoms with Gasteiger partial charge in [-0.15, -0.1) is 0 Å². The second-order valence-electron chi connectivity index (χ2n) is 3.61. The van der Waals surface area contributed by atoms with Crippen LogP contribution in [0.2, 0.25) is 0 Å². The summed E-state index contributed by atoms with van der Waals surface area (Å²) in [6, 6.07) is 3.73. The molecule has 0 amide bonds. The molecule has 1 unspecified atom stereocenters. The molecule has 0 aromatic heterocycles. The van der Waals surface area contributed by atoms with E-state index in [-0.39, 0.29) is 6.10 Å². The first-order chi connectivity index (χ1) is 7.75. The van der Waals surface area contributed by atoms with Gasteiger partial charge in [-0.25, -0.2) is 8.78 Å². The molecule has 2 rings (SSSR count). The smallest absolute Gasteiger partial charge is 0.160 e. The molecule has 1 saturated heterocycles. The van der Waals surface area contributed by atoms with Crippen molar-refractivity contribution in [3.63, 3.8) is 0 Å². The average Bonchev–Trinajstić information content (AvgIpc) is 2.32. The van der Waals surface area contributed by atoms with E-state index in [1.807, 2.05) is 0 Å². The van der Waals surface area contributed by atoms with E-state index >= 15 is 0 Å². The lowest BCUT2D eigenvalue weighted by atomic mass is 10.2. The first kappa shape index (κ1) is 11.3. The van der Waals surface area contributed by atoms with E-state index in [1.54, 1.807) is 0 Å². The Hall–Kier alpha value is -1.20. The predicted octanol–water partition coefficient (Wildman–Crippen LogP) is 2.14. The fraction of sp³-hybridized carbons (Fsp3) is 0.455. The third kappa shape index (κ3) is 2.90. The number of benzene rings is 1. The summed E-state index contributed by atoms with van der Waals surface area (Å²) in [5.74, 6) is -1.69. The SMILES string of the molecule is Fc1ccc(NCC2CCOCO2)cc1F. The summed E-state index contributed by atoms with van der Waals surface area (Å²) in [6.07, 6.45) is 0.860. The Balaban J connectivity index is 1.86. The molecule has 1 heterocycles. The molecule has 0 aliphatic carbocycles. The van der Waals surface area contributed by atoms with Gasteiger partial charge < -0.3 is 14.8 Å². The van der Waals surface area contributed by atoms with Crippen molar-refractivity contribution in [2.75, 3.05) is 25.3 Å². The van der Waals surface area contributed by atoms with Crippen LogP contribution in [0.1, 0.15) is 6.42 Å². The molecule has 88 valence electrons. The highest BCUT2D eigenvalue weighted by atomic mass is 19.2. The zero-order valence-corrected chi connectivity index (χ0v) is 8.71. The number of anilines is 1. The van der Waals surface area contributed by atoms with Crippen molar-refractivity contribution in [1.82, 2.24) is 0 Å². The molecule has 0 bridgehead atoms. The van der Waals surface area contributed by atoms with Crippen molar-refractivity contribution in [2.24, 2.45) is 0 Å². The van der Waals surface area contributed by atoms with Gasteiger partial charge in [-0.2, -0.15) is 0 Å². The second-order valence-corrected chi connectivity index (χ2v) is 3.61. The van der Waals surface area contributed by atoms with Crippen LogP contribution in [0.4, 0.5) is 14.5 Å². The topological polar surface area (TPSA) is 30.5 Å². The number of rotatable bonds is 3. The van der Waals surface area contributed by atoms with Gasteiger partial charge in [-0.3, -0.25) is 0 Å². The first-order valence-electron chi connectivity index (χ1n) is 5.14. The van der Waals surface area contributed by atoms with Crippen molar-refractivity contribution in [3.05, 3.63) is 29.8 Å². The number of ether oxygens (including phenoxy) is 2. The molecule has 1 aliphatic heterocycles. The maximum absolute atomic E-state index is 12.9. The quantitative estimate of drug-likeness (QED) is 0.861. The van der Waals surface area contributed by atoms with E-state index in [1.165, 1.54) is 6.07 Å². The average molecular weight is 229 g/mol. The van der Waals surface area contributed by atoms with Gasteiger partial charge in [-0.1, -0.05) is 0 Å². The van der Waals surface area contributed by atoms with Gasteiger partial charge >= 0.3 is 0 Å². The van der Waals surface area contributed by atoms with Gasteiger partial charge in [0.2, 0.25) is 0 Å². The number of hydrogen-bond donors (Lipinski definition) is 1. The van der Waals surface area contributed by atoms with E-state index < -0.39 is 11.6 Å². The van der Waals surface area contributed by atoms with Crippen molar-refractivity contribution in [3.8, 4) is 0 Å². The molecule has 1 fully saturated rings. The minimum atomic E-state index is -0.849. The van der Waals surface area contributed by atoms with Crippen LogP contribution in [0.25, 0.3) is 0 Å². The lowest BCUT2D eigenvalue weighted by Crippen LogP contribution is -2.30. The van der Waals surface area contributed by atoms with Crippen LogP contribution in [0, 0.1) is 11.6 Å². The lowest BCUT2D eigenvalue weighted by Gasteiger charge is -2.23. The maximum atomic E-state index is 12.9. The van der Waals surface area contributed by atoms with Crippen LogP contribution in [-0.2, 0) is 9.47 Å². The van der Waals surface area contributed by atoms with Crippen LogP contribution in [0.3, 0.4) is 0 Å². The molecule has 0 spiro atoms. The highest BCUT2D eigenvalue weighted by molar-refractivity contribution is 5.43. The minimum absolute atomic E-state index is 0.0573. The fourth-order valence-corrected chi connectivity index (χ4v) is 1.50. The molecule has 5 heteroatoms. The van der Waals surface area contributed by atoms with E-state index in [9.17, 15) is 8.78 Å². The molecule has 1 aliphatic rings. The van der Waals surface area contributed by atoms with E-state index in [2.05, 4.69) is 5.32 Å². The standard InChI is InChI=1S/C11H13F2NO2/c12-10-2-1-8(5-11(10)13)14-6-9-3-4-15-7-16-9/h1-2,5,9,14H,3-4,6-7H2. The predicted molar refractivity (Wildman–Crippen MR) is 55.2 cm³/mol. The molecule has 0 saturated carbocycles. The molecule has 1 atom stereocenters. The largest absolute Gasteiger partial charge is 0.382 e. The first-order valence-corrected chi connectivity index (χ1v) is 5.14. The summed E-state index contributed by atoms with van der Waals surface area (Å²) < 4.78 is 35.9. The maximum Gasteiger partial charge on any atom is 0.160 e. The zero-order valence-electron chi connectivity index (χ0n) is 8.71. The van der Waals surface area contributed by atoms with Gasteiger partial charge in [0, 0.05) is 18.3 Å². The highest BCUT2D eigenvalue weighted by Crippen LogP contribution is 2.14. The van der Waals surface area contributed by atoms with Crippen LogP contribution in [0.15, 0.2) is 18.2 Å². The molecule has 1 aromatic rings. The monoisotopic (exact) mass is 229 g/mol. The lowest BCUT2D eigenvalue weighted by molar-refractivity contribution is -0.133. The Morgan fingerprint density at radius 2 is 2.19 bits per heavy atom. The number of nitrogens with one attached hydrogen (secondary N) is 1. The Bertz CT molecular complexity index is 354. The summed E-state index contributed by atoms with van der Waals surface area (Å²) in [5.41, 5.74) is 0.550. The summed E-state index contributed by atoms with van der Waals surface area (Å²) in [7, 11) is 0. The fourth-order valence-electron chi connectivity index (χ4n) is 1.50. The molecule has 1 aromatic carbocycles. The van der Waals surface area contributed by atoms with Crippen LogP contribution >= 0.6 is 0 Å². The van der Waals surface area contributed by atoms with Crippen LogP contribution < -0.4 is 5.32 Å². The number of hydrogen-bond acceptors (Lipinski definition) is 3. The van der Waals surface area contributed by atoms with Gasteiger partial charge in [-0.05, 0) is 18.6 Å². The molecular weight excluding hydrogens is 216 g/mol. The summed E-state index contributed by atoms with van der Waals surface area (Å²) in [6.45, 7) is 1.53. The Labute approximate surface area is 92.4 Å². The highest BCUT2D eigenvalue weighted by Gasteiger charge is 2.13. The Morgan fingerprint density at radius 1 is 1.31 bits per heavy atom. The third-order valence-electron chi connectivity index (χ3n) is 2.42. The second kappa shape index (κ2) is 5.23. The van der Waals surface area contributed by atoms with Gasteiger partial charge in [0.15, 0.2) is 11.6 Å². The van der Waals surface area contributed by atoms with E-state index in [0.717, 1.165) is 18.6 Å². The van der Waals surface area contributed by atoms with Crippen LogP contribution in [-0.4, -0.2) is 26.0 Å². The van der Waals surface area contributed by atoms with E-state index in [0.29, 0.717) is 25.6 Å². The van der Waals surface area contributed by atoms with Crippen molar-refractivity contribution < 1.29 is 18.3 Å². The molecule has 3 nitrogen and oxygen atoms in total. The molecule has 0 radical (unpaired) electrons. The van der Waals surface area contributed by atoms with Crippen molar-refractivity contribution in [2.45, 2.75) is 12.5 Å². The zero-order chi connectivity index (χ0) is 11.4. The number of halogens is 2. The Kier molecular flexibility index (Phi) is 3.69. The molecular formula is C11H13F2NO2. The van der Waals surface area contributed by atoms with Gasteiger partial charge in [0.1, 0.15) is 6.79 Å². The van der Waals surface area contributed by atoms with E-state index in [4.69, 9.17) is 9.47 Å². The van der Waals surface area contributed by atoms with Gasteiger partial charge in [0.05, 0.1) is 12.7 Å². The Morgan fingerprint density at radius 3 is 2.88 bits per heavy atom. The normalized spacial score (nSPS) is 20.8. The summed E-state index contributed by atoms with van der Waals surface area (Å²) >= 11 is 0. The summed E-state index contributed by atoms with van der Waals surface area (Å²) in [4.78, 5) is 0. The van der Waals surface area contributed by atoms with Crippen molar-refractivity contribution in [1.29, 1.82) is 0 Å². The third-order valence-corrected chi connectivity index (χ3v) is 2.42. The molecule has 16 heavy (non-hydrogen) atoms. The van der Waals surface area contributed by atoms with Crippen molar-refractivity contribution >= 4 is 5.69 Å². The molecule has 1 N–H and O–H groups in total. The minimum Gasteiger partial charge on any atom is -0.382 e. The van der Waals surface area contributed by atoms with Gasteiger partial charge in [0.25, 0.3) is 0 Å².